The van der Waals surface area contributed by atoms with Gasteiger partial charge < -0.3 is 25.0 Å². The molecule has 0 aliphatic carbocycles. The molecule has 0 saturated carbocycles. The summed E-state index contributed by atoms with van der Waals surface area (Å²) in [6.45, 7) is 6.92. The Balaban J connectivity index is 1.76. The number of anilines is 1. The Morgan fingerprint density at radius 3 is 2.81 bits per heavy atom. The van der Waals surface area contributed by atoms with Gasteiger partial charge in [-0.1, -0.05) is 33.6 Å². The summed E-state index contributed by atoms with van der Waals surface area (Å²) in [5, 5.41) is 7.07. The van der Waals surface area contributed by atoms with Crippen molar-refractivity contribution in [3.63, 3.8) is 0 Å². The Morgan fingerprint density at radius 2 is 2.10 bits per heavy atom. The minimum atomic E-state index is -0.963. The van der Waals surface area contributed by atoms with Gasteiger partial charge in [-0.3, -0.25) is 4.79 Å². The zero-order chi connectivity index (χ0) is 22.3. The van der Waals surface area contributed by atoms with E-state index in [0.29, 0.717) is 18.3 Å². The highest BCUT2D eigenvalue weighted by molar-refractivity contribution is 9.10. The summed E-state index contributed by atoms with van der Waals surface area (Å²) in [7, 11) is 1.64. The fraction of sp³-hybridized carbons (Fsp3) is 0.391. The number of rotatable bonds is 5. The Labute approximate surface area is 196 Å². The van der Waals surface area contributed by atoms with Crippen molar-refractivity contribution >= 4 is 44.9 Å². The quantitative estimate of drug-likeness (QED) is 0.592. The first-order chi connectivity index (χ1) is 14.7. The third-order valence-corrected chi connectivity index (χ3v) is 6.87. The van der Waals surface area contributed by atoms with Gasteiger partial charge in [-0.25, -0.2) is 0 Å². The lowest BCUT2D eigenvalue weighted by atomic mass is 9.78. The molecule has 2 aromatic rings. The van der Waals surface area contributed by atoms with Gasteiger partial charge in [-0.05, 0) is 62.8 Å². The predicted octanol–water partition coefficient (Wildman–Crippen LogP) is 4.31. The second-order valence-electron chi connectivity index (χ2n) is 8.20. The largest absolute Gasteiger partial charge is 0.467 e. The maximum atomic E-state index is 13.7. The fourth-order valence-corrected chi connectivity index (χ4v) is 5.27. The highest BCUT2D eigenvalue weighted by Crippen LogP contribution is 2.49. The fourth-order valence-electron chi connectivity index (χ4n) is 4.49. The summed E-state index contributed by atoms with van der Waals surface area (Å²) >= 11 is 9.21. The van der Waals surface area contributed by atoms with Crippen LogP contribution in [0.25, 0.3) is 0 Å². The smallest absolute Gasteiger partial charge is 0.236 e. The highest BCUT2D eigenvalue weighted by Gasteiger charge is 2.58. The van der Waals surface area contributed by atoms with Crippen molar-refractivity contribution in [2.75, 3.05) is 25.6 Å². The normalized spacial score (nSPS) is 24.2. The number of methoxy groups -OCH3 is 1. The number of carbonyl (C=O) groups is 1. The lowest BCUT2D eigenvalue weighted by molar-refractivity contribution is -0.150. The first-order valence-corrected chi connectivity index (χ1v) is 11.4. The number of ether oxygens (including phenoxy) is 2. The highest BCUT2D eigenvalue weighted by atomic mass is 79.9. The summed E-state index contributed by atoms with van der Waals surface area (Å²) in [5.74, 6) is 0.0738. The topological polar surface area (TPSA) is 62.8 Å². The minimum Gasteiger partial charge on any atom is -0.467 e. The van der Waals surface area contributed by atoms with Gasteiger partial charge in [-0.2, -0.15) is 0 Å². The van der Waals surface area contributed by atoms with E-state index in [9.17, 15) is 4.79 Å². The third-order valence-electron chi connectivity index (χ3n) is 6.04. The number of fused-ring (bicyclic) bond motifs is 4. The van der Waals surface area contributed by atoms with Crippen molar-refractivity contribution in [2.24, 2.45) is 5.92 Å². The van der Waals surface area contributed by atoms with E-state index >= 15 is 0 Å². The molecule has 6 nitrogen and oxygen atoms in total. The molecule has 2 heterocycles. The molecule has 1 fully saturated rings. The second kappa shape index (κ2) is 8.41. The van der Waals surface area contributed by atoms with Crippen molar-refractivity contribution in [2.45, 2.75) is 32.5 Å². The molecule has 0 aromatic heterocycles. The predicted molar refractivity (Wildman–Crippen MR) is 128 cm³/mol. The van der Waals surface area contributed by atoms with Crippen LogP contribution in [-0.2, 0) is 9.53 Å². The first kappa shape index (κ1) is 22.0. The van der Waals surface area contributed by atoms with Crippen LogP contribution >= 0.6 is 28.1 Å². The molecule has 1 amide bonds. The number of aryl methyl sites for hydroxylation is 2. The van der Waals surface area contributed by atoms with Crippen LogP contribution in [0.1, 0.15) is 29.7 Å². The van der Waals surface area contributed by atoms with Gasteiger partial charge in [-0.15, -0.1) is 0 Å². The number of halogens is 1. The molecule has 0 spiro atoms. The second-order valence-corrected chi connectivity index (χ2v) is 9.50. The maximum absolute atomic E-state index is 13.7. The number of carbonyl (C=O) groups excluding carboxylic acids is 1. The van der Waals surface area contributed by atoms with Gasteiger partial charge in [0.15, 0.2) is 10.8 Å². The van der Waals surface area contributed by atoms with Crippen LogP contribution in [0.5, 0.6) is 5.75 Å². The number of hydrogen-bond donors (Lipinski definition) is 2. The van der Waals surface area contributed by atoms with Crippen LogP contribution in [0.2, 0.25) is 0 Å². The van der Waals surface area contributed by atoms with Crippen LogP contribution in [0.15, 0.2) is 40.9 Å². The van der Waals surface area contributed by atoms with E-state index < -0.39 is 11.6 Å². The number of nitrogens with zero attached hydrogens (tertiary/aromatic N) is 1. The molecular weight excluding hydrogens is 478 g/mol. The first-order valence-electron chi connectivity index (χ1n) is 10.2. The molecule has 4 rings (SSSR count). The molecule has 2 aliphatic heterocycles. The molecule has 2 bridgehead atoms. The molecule has 2 aromatic carbocycles. The van der Waals surface area contributed by atoms with Crippen LogP contribution in [0.4, 0.5) is 5.69 Å². The lowest BCUT2D eigenvalue weighted by Crippen LogP contribution is -2.72. The van der Waals surface area contributed by atoms with Gasteiger partial charge in [0.1, 0.15) is 11.7 Å². The molecule has 1 saturated heterocycles. The van der Waals surface area contributed by atoms with E-state index in [1.807, 2.05) is 56.0 Å². The van der Waals surface area contributed by atoms with Crippen molar-refractivity contribution in [1.82, 2.24) is 10.2 Å². The monoisotopic (exact) mass is 503 g/mol. The summed E-state index contributed by atoms with van der Waals surface area (Å²) in [6, 6.07) is 11.5. The number of nitrogens with one attached hydrogen (secondary N) is 2. The number of hydrogen-bond acceptors (Lipinski definition) is 4. The standard InChI is InChI=1S/C23H26BrN3O3S/c1-13-5-7-17(14(2)11-13)25-21(28)19-20-16-12-15(24)6-8-18(16)30-23(19,3)27(9-10-29-4)22(31)26-20/h5-8,11-12,19-20H,9-10H2,1-4H3,(H,25,28)(H,26,31). The summed E-state index contributed by atoms with van der Waals surface area (Å²) in [6.07, 6.45) is 0. The van der Waals surface area contributed by atoms with E-state index in [4.69, 9.17) is 21.7 Å². The molecule has 3 unspecified atom stereocenters. The number of thiocarbonyl (C=S) groups is 1. The Kier molecular flexibility index (Phi) is 5.98. The number of amides is 1. The molecule has 2 N–H and O–H groups in total. The van der Waals surface area contributed by atoms with Crippen molar-refractivity contribution in [3.8, 4) is 5.75 Å². The van der Waals surface area contributed by atoms with Gasteiger partial charge in [0.2, 0.25) is 5.91 Å². The van der Waals surface area contributed by atoms with Crippen LogP contribution in [0, 0.1) is 19.8 Å². The van der Waals surface area contributed by atoms with Crippen LogP contribution in [0.3, 0.4) is 0 Å². The molecule has 164 valence electrons. The number of benzene rings is 2. The Morgan fingerprint density at radius 1 is 1.32 bits per heavy atom. The minimum absolute atomic E-state index is 0.123. The molecule has 2 aliphatic rings. The Hall–Kier alpha value is -2.16. The molecular formula is C23H26BrN3O3S. The average Bonchev–Trinajstić information content (AvgIpc) is 2.70. The van der Waals surface area contributed by atoms with Crippen LogP contribution < -0.4 is 15.4 Å². The maximum Gasteiger partial charge on any atom is 0.236 e. The van der Waals surface area contributed by atoms with Crippen molar-refractivity contribution < 1.29 is 14.3 Å². The molecule has 3 atom stereocenters. The average molecular weight is 504 g/mol. The zero-order valence-electron chi connectivity index (χ0n) is 18.0. The SMILES string of the molecule is COCCN1C(=S)NC2c3cc(Br)ccc3OC1(C)C2C(=O)Nc1ccc(C)cc1C. The Bertz CT molecular complexity index is 1050. The molecule has 8 heteroatoms. The van der Waals surface area contributed by atoms with E-state index in [0.717, 1.165) is 32.6 Å². The summed E-state index contributed by atoms with van der Waals surface area (Å²) in [5.41, 5.74) is 2.90. The van der Waals surface area contributed by atoms with Gasteiger partial charge >= 0.3 is 0 Å². The van der Waals surface area contributed by atoms with Gasteiger partial charge in [0.25, 0.3) is 0 Å². The van der Waals surface area contributed by atoms with E-state index in [2.05, 4.69) is 32.6 Å². The van der Waals surface area contributed by atoms with Crippen molar-refractivity contribution in [1.29, 1.82) is 0 Å². The third kappa shape index (κ3) is 3.92. The summed E-state index contributed by atoms with van der Waals surface area (Å²) < 4.78 is 12.7. The lowest BCUT2D eigenvalue weighted by Gasteiger charge is -2.56. The van der Waals surface area contributed by atoms with Crippen molar-refractivity contribution in [3.05, 3.63) is 57.6 Å². The molecule has 31 heavy (non-hydrogen) atoms. The van der Waals surface area contributed by atoms with Gasteiger partial charge in [0.05, 0.1) is 12.6 Å². The van der Waals surface area contributed by atoms with E-state index in [1.54, 1.807) is 7.11 Å². The molecule has 0 radical (unpaired) electrons. The zero-order valence-corrected chi connectivity index (χ0v) is 20.4. The van der Waals surface area contributed by atoms with Gasteiger partial charge in [0, 0.05) is 29.4 Å². The van der Waals surface area contributed by atoms with E-state index in [-0.39, 0.29) is 11.9 Å². The van der Waals surface area contributed by atoms with Crippen LogP contribution in [-0.4, -0.2) is 41.9 Å². The summed E-state index contributed by atoms with van der Waals surface area (Å²) in [4.78, 5) is 15.6. The van der Waals surface area contributed by atoms with E-state index in [1.165, 1.54) is 0 Å².